The average molecular weight is 304 g/mol. The van der Waals surface area contributed by atoms with Gasteiger partial charge in [0, 0.05) is 14.1 Å². The van der Waals surface area contributed by atoms with Gasteiger partial charge in [0.25, 0.3) is 0 Å². The molecule has 7 nitrogen and oxygen atoms in total. The molecule has 0 fully saturated rings. The average Bonchev–Trinajstić information content (AvgIpc) is 2.79. The molecule has 0 atom stereocenters. The van der Waals surface area contributed by atoms with Crippen LogP contribution in [0.25, 0.3) is 0 Å². The van der Waals surface area contributed by atoms with Crippen LogP contribution in [0.1, 0.15) is 11.1 Å². The number of likely N-dealkylation sites (N-methyl/N-ethyl adjacent to an activating group) is 1. The van der Waals surface area contributed by atoms with E-state index in [4.69, 9.17) is 4.74 Å². The van der Waals surface area contributed by atoms with Crippen molar-refractivity contribution in [2.45, 2.75) is 13.8 Å². The van der Waals surface area contributed by atoms with Crippen molar-refractivity contribution >= 4 is 11.6 Å². The van der Waals surface area contributed by atoms with E-state index in [2.05, 4.69) is 11.1 Å². The lowest BCUT2D eigenvalue weighted by Gasteiger charge is -2.18. The zero-order chi connectivity index (χ0) is 16.3. The maximum absolute atomic E-state index is 11.0. The summed E-state index contributed by atoms with van der Waals surface area (Å²) in [5.74, 6) is 1.14. The highest BCUT2D eigenvalue weighted by molar-refractivity contribution is 5.53. The van der Waals surface area contributed by atoms with E-state index in [1.165, 1.54) is 6.33 Å². The molecule has 0 radical (unpaired) electrons. The number of nitro groups is 1. The van der Waals surface area contributed by atoms with Crippen LogP contribution in [0.3, 0.4) is 0 Å². The second-order valence-electron chi connectivity index (χ2n) is 5.35. The summed E-state index contributed by atoms with van der Waals surface area (Å²) in [4.78, 5) is 16.1. The van der Waals surface area contributed by atoms with Crippen molar-refractivity contribution in [2.24, 2.45) is 7.05 Å². The molecule has 0 amide bonds. The van der Waals surface area contributed by atoms with E-state index in [9.17, 15) is 10.1 Å². The fourth-order valence-electron chi connectivity index (χ4n) is 2.40. The second kappa shape index (κ2) is 6.46. The fourth-order valence-corrected chi connectivity index (χ4v) is 2.40. The largest absolute Gasteiger partial charge is 0.492 e. The molecule has 0 aliphatic rings. The SMILES string of the molecule is Cc1cc(C)cc(OCCN(C)c2c([N+](=O)[O-])ncn2C)c1. The molecule has 7 heteroatoms. The summed E-state index contributed by atoms with van der Waals surface area (Å²) in [6.07, 6.45) is 1.44. The van der Waals surface area contributed by atoms with Gasteiger partial charge in [0.15, 0.2) is 0 Å². The monoisotopic (exact) mass is 304 g/mol. The Kier molecular flexibility index (Phi) is 4.65. The maximum Gasteiger partial charge on any atom is 0.406 e. The van der Waals surface area contributed by atoms with Crippen LogP contribution < -0.4 is 9.64 Å². The minimum Gasteiger partial charge on any atom is -0.492 e. The van der Waals surface area contributed by atoms with Crippen LogP contribution in [0.2, 0.25) is 0 Å². The summed E-state index contributed by atoms with van der Waals surface area (Å²) in [6.45, 7) is 4.99. The molecule has 0 aliphatic heterocycles. The first kappa shape index (κ1) is 15.8. The quantitative estimate of drug-likeness (QED) is 0.605. The molecular weight excluding hydrogens is 284 g/mol. The molecule has 0 aliphatic carbocycles. The van der Waals surface area contributed by atoms with Gasteiger partial charge in [-0.25, -0.2) is 0 Å². The third kappa shape index (κ3) is 3.55. The van der Waals surface area contributed by atoms with E-state index in [-0.39, 0.29) is 5.82 Å². The van der Waals surface area contributed by atoms with Crippen LogP contribution in [0.5, 0.6) is 5.75 Å². The lowest BCUT2D eigenvalue weighted by Crippen LogP contribution is -2.26. The van der Waals surface area contributed by atoms with E-state index in [0.717, 1.165) is 16.9 Å². The molecule has 1 heterocycles. The van der Waals surface area contributed by atoms with Gasteiger partial charge in [-0.05, 0) is 47.0 Å². The van der Waals surface area contributed by atoms with Crippen LogP contribution >= 0.6 is 0 Å². The highest BCUT2D eigenvalue weighted by atomic mass is 16.6. The minimum atomic E-state index is -0.476. The fraction of sp³-hybridized carbons (Fsp3) is 0.400. The number of hydrogen-bond donors (Lipinski definition) is 0. The highest BCUT2D eigenvalue weighted by Crippen LogP contribution is 2.24. The van der Waals surface area contributed by atoms with Gasteiger partial charge < -0.3 is 19.8 Å². The maximum atomic E-state index is 11.0. The summed E-state index contributed by atoms with van der Waals surface area (Å²) in [7, 11) is 3.52. The van der Waals surface area contributed by atoms with E-state index in [1.807, 2.05) is 26.0 Å². The Hall–Kier alpha value is -2.57. The standard InChI is InChI=1S/C15H20N4O3/c1-11-7-12(2)9-13(8-11)22-6-5-17(3)15-14(19(20)21)16-10-18(15)4/h7-10H,5-6H2,1-4H3. The van der Waals surface area contributed by atoms with Gasteiger partial charge in [-0.3, -0.25) is 4.57 Å². The van der Waals surface area contributed by atoms with Crippen molar-refractivity contribution in [1.82, 2.24) is 9.55 Å². The van der Waals surface area contributed by atoms with Gasteiger partial charge in [0.2, 0.25) is 12.1 Å². The zero-order valence-electron chi connectivity index (χ0n) is 13.2. The number of hydrogen-bond acceptors (Lipinski definition) is 5. The third-order valence-electron chi connectivity index (χ3n) is 3.31. The molecule has 22 heavy (non-hydrogen) atoms. The first-order valence-corrected chi connectivity index (χ1v) is 6.96. The molecule has 0 bridgehead atoms. The first-order valence-electron chi connectivity index (χ1n) is 6.96. The predicted octanol–water partition coefficient (Wildman–Crippen LogP) is 2.46. The van der Waals surface area contributed by atoms with Gasteiger partial charge in [-0.2, -0.15) is 0 Å². The summed E-state index contributed by atoms with van der Waals surface area (Å²) in [5, 5.41) is 11.0. The number of benzene rings is 1. The Morgan fingerprint density at radius 2 is 1.95 bits per heavy atom. The molecule has 2 rings (SSSR count). The van der Waals surface area contributed by atoms with E-state index in [0.29, 0.717) is 19.0 Å². The molecule has 2 aromatic rings. The summed E-state index contributed by atoms with van der Waals surface area (Å²) in [5.41, 5.74) is 2.29. The number of aromatic nitrogens is 2. The second-order valence-corrected chi connectivity index (χ2v) is 5.35. The van der Waals surface area contributed by atoms with Crippen LogP contribution in [-0.4, -0.2) is 34.7 Å². The Labute approximate surface area is 129 Å². The van der Waals surface area contributed by atoms with Crippen molar-refractivity contribution in [3.8, 4) is 5.75 Å². The lowest BCUT2D eigenvalue weighted by molar-refractivity contribution is -0.388. The third-order valence-corrected chi connectivity index (χ3v) is 3.31. The van der Waals surface area contributed by atoms with E-state index >= 15 is 0 Å². The molecular formula is C15H20N4O3. The number of ether oxygens (including phenoxy) is 1. The Balaban J connectivity index is 2.00. The smallest absolute Gasteiger partial charge is 0.406 e. The molecule has 1 aromatic carbocycles. The van der Waals surface area contributed by atoms with Crippen LogP contribution in [0, 0.1) is 24.0 Å². The van der Waals surface area contributed by atoms with Crippen LogP contribution in [0.4, 0.5) is 11.6 Å². The summed E-state index contributed by atoms with van der Waals surface area (Å²) in [6, 6.07) is 6.02. The van der Waals surface area contributed by atoms with Gasteiger partial charge in [-0.15, -0.1) is 0 Å². The van der Waals surface area contributed by atoms with Crippen LogP contribution in [-0.2, 0) is 7.05 Å². The van der Waals surface area contributed by atoms with Crippen molar-refractivity contribution < 1.29 is 9.66 Å². The predicted molar refractivity (Wildman–Crippen MR) is 84.5 cm³/mol. The van der Waals surface area contributed by atoms with Crippen molar-refractivity contribution in [3.63, 3.8) is 0 Å². The Bertz CT molecular complexity index is 661. The van der Waals surface area contributed by atoms with Crippen molar-refractivity contribution in [3.05, 3.63) is 45.8 Å². The summed E-state index contributed by atoms with van der Waals surface area (Å²) >= 11 is 0. The Morgan fingerprint density at radius 1 is 1.32 bits per heavy atom. The van der Waals surface area contributed by atoms with Gasteiger partial charge in [0.05, 0.1) is 6.54 Å². The number of nitrogens with zero attached hydrogens (tertiary/aromatic N) is 4. The molecule has 1 aromatic heterocycles. The van der Waals surface area contributed by atoms with Crippen molar-refractivity contribution in [2.75, 3.05) is 25.1 Å². The van der Waals surface area contributed by atoms with Crippen molar-refractivity contribution in [1.29, 1.82) is 0 Å². The molecule has 0 saturated carbocycles. The van der Waals surface area contributed by atoms with E-state index in [1.54, 1.807) is 23.6 Å². The van der Waals surface area contributed by atoms with Gasteiger partial charge in [0.1, 0.15) is 12.4 Å². The summed E-state index contributed by atoms with van der Waals surface area (Å²) < 4.78 is 7.37. The Morgan fingerprint density at radius 3 is 2.55 bits per heavy atom. The molecule has 0 unspecified atom stereocenters. The van der Waals surface area contributed by atoms with E-state index < -0.39 is 4.92 Å². The normalized spacial score (nSPS) is 10.5. The molecule has 0 spiro atoms. The number of anilines is 1. The lowest BCUT2D eigenvalue weighted by atomic mass is 10.1. The molecule has 0 N–H and O–H groups in total. The first-order chi connectivity index (χ1) is 10.4. The van der Waals surface area contributed by atoms with Crippen LogP contribution in [0.15, 0.2) is 24.5 Å². The minimum absolute atomic E-state index is 0.142. The number of aryl methyl sites for hydroxylation is 3. The number of rotatable bonds is 6. The highest BCUT2D eigenvalue weighted by Gasteiger charge is 2.23. The van der Waals surface area contributed by atoms with Gasteiger partial charge in [-0.1, -0.05) is 6.07 Å². The molecule has 0 saturated heterocycles. The topological polar surface area (TPSA) is 73.4 Å². The van der Waals surface area contributed by atoms with Gasteiger partial charge >= 0.3 is 5.82 Å². The zero-order valence-corrected chi connectivity index (χ0v) is 13.2. The number of imidazole rings is 1. The molecule has 118 valence electrons.